The number of rotatable bonds is 7. The van der Waals surface area contributed by atoms with E-state index in [4.69, 9.17) is 14.5 Å². The molecule has 0 spiro atoms. The van der Waals surface area contributed by atoms with Gasteiger partial charge in [-0.2, -0.15) is 0 Å². The molecule has 2 aliphatic heterocycles. The Balaban J connectivity index is 1.65. The molecule has 10 heteroatoms. The van der Waals surface area contributed by atoms with Crippen LogP contribution in [0.1, 0.15) is 35.7 Å². The fourth-order valence-corrected chi connectivity index (χ4v) is 5.15. The van der Waals surface area contributed by atoms with E-state index in [0.717, 1.165) is 41.7 Å². The molecule has 5 rings (SSSR count). The highest BCUT2D eigenvalue weighted by Crippen LogP contribution is 2.42. The maximum atomic E-state index is 13.2. The number of carbonyl (C=O) groups is 2. The number of nitrogens with zero attached hydrogens (tertiary/aromatic N) is 5. The van der Waals surface area contributed by atoms with E-state index in [2.05, 4.69) is 26.3 Å². The number of amides is 2. The van der Waals surface area contributed by atoms with Crippen molar-refractivity contribution in [2.75, 3.05) is 56.7 Å². The number of likely N-dealkylation sites (tertiary alicyclic amines) is 1. The van der Waals surface area contributed by atoms with Crippen LogP contribution in [-0.2, 0) is 9.53 Å². The average Bonchev–Trinajstić information content (AvgIpc) is 3.12. The third-order valence-electron chi connectivity index (χ3n) is 6.94. The van der Waals surface area contributed by atoms with Gasteiger partial charge in [0.05, 0.1) is 35.8 Å². The maximum absolute atomic E-state index is 13.2. The molecule has 194 valence electrons. The monoisotopic (exact) mass is 504 g/mol. The van der Waals surface area contributed by atoms with Crippen molar-refractivity contribution in [3.63, 3.8) is 0 Å². The summed E-state index contributed by atoms with van der Waals surface area (Å²) in [4.78, 5) is 38.8. The number of fused-ring (bicyclic) bond motifs is 3. The molecule has 0 bridgehead atoms. The number of hydrogen-bond donors (Lipinski definition) is 1. The predicted molar refractivity (Wildman–Crippen MR) is 141 cm³/mol. The molecular formula is C27H32N6O4. The first-order valence-electron chi connectivity index (χ1n) is 12.6. The average molecular weight is 505 g/mol. The van der Waals surface area contributed by atoms with Crippen LogP contribution >= 0.6 is 0 Å². The van der Waals surface area contributed by atoms with E-state index in [9.17, 15) is 9.59 Å². The lowest BCUT2D eigenvalue weighted by Gasteiger charge is -2.33. The summed E-state index contributed by atoms with van der Waals surface area (Å²) in [6.07, 6.45) is 7.21. The third-order valence-corrected chi connectivity index (χ3v) is 6.94. The van der Waals surface area contributed by atoms with Gasteiger partial charge in [-0.3, -0.25) is 19.9 Å². The molecule has 1 N–H and O–H groups in total. The van der Waals surface area contributed by atoms with Crippen molar-refractivity contribution in [3.05, 3.63) is 54.9 Å². The van der Waals surface area contributed by atoms with Crippen LogP contribution in [0.25, 0.3) is 11.0 Å². The number of nitrogens with one attached hydrogen (secondary N) is 1. The lowest BCUT2D eigenvalue weighted by Crippen LogP contribution is -2.36. The Hall–Kier alpha value is -3.92. The van der Waals surface area contributed by atoms with Crippen molar-refractivity contribution in [3.8, 4) is 5.75 Å². The highest BCUT2D eigenvalue weighted by atomic mass is 16.5. The summed E-state index contributed by atoms with van der Waals surface area (Å²) < 4.78 is 13.5. The molecule has 1 fully saturated rings. The smallest absolute Gasteiger partial charge is 0.259 e. The number of ether oxygens (including phenoxy) is 2. The van der Waals surface area contributed by atoms with Gasteiger partial charge in [0.25, 0.3) is 5.91 Å². The van der Waals surface area contributed by atoms with Crippen LogP contribution < -0.4 is 15.0 Å². The largest absolute Gasteiger partial charge is 0.489 e. The van der Waals surface area contributed by atoms with Crippen molar-refractivity contribution in [2.24, 2.45) is 0 Å². The van der Waals surface area contributed by atoms with Gasteiger partial charge in [-0.05, 0) is 49.6 Å². The zero-order valence-electron chi connectivity index (χ0n) is 21.1. The molecule has 1 saturated heterocycles. The molecule has 37 heavy (non-hydrogen) atoms. The molecule has 2 aromatic heterocycles. The minimum Gasteiger partial charge on any atom is -0.489 e. The van der Waals surface area contributed by atoms with E-state index in [1.165, 1.54) is 12.3 Å². The standard InChI is InChI=1S/C27H32N6O4/c1-3-23(34)32-12-5-4-8-20(18-32)33-24-21(29-27(33)30-26(35)19-7-6-11-28-17-19)9-10-22-25(24)31(13-15-36-2)14-16-37-22/h3,6-7,9-11,17,20H,1,4-5,8,12-16,18H2,2H3,(H,29,30,35)/t20-/m1/s1. The van der Waals surface area contributed by atoms with Gasteiger partial charge in [0.1, 0.15) is 18.0 Å². The van der Waals surface area contributed by atoms with Crippen molar-refractivity contribution in [1.82, 2.24) is 19.4 Å². The molecular weight excluding hydrogens is 472 g/mol. The van der Waals surface area contributed by atoms with Crippen molar-refractivity contribution < 1.29 is 19.1 Å². The number of carbonyl (C=O) groups excluding carboxylic acids is 2. The summed E-state index contributed by atoms with van der Waals surface area (Å²) in [5.74, 6) is 0.823. The molecule has 2 aliphatic rings. The molecule has 0 aliphatic carbocycles. The normalized spacial score (nSPS) is 17.6. The van der Waals surface area contributed by atoms with E-state index in [1.54, 1.807) is 25.4 Å². The number of pyridine rings is 1. The minimum absolute atomic E-state index is 0.0932. The highest BCUT2D eigenvalue weighted by molar-refractivity contribution is 6.05. The highest BCUT2D eigenvalue weighted by Gasteiger charge is 2.31. The van der Waals surface area contributed by atoms with Gasteiger partial charge >= 0.3 is 0 Å². The van der Waals surface area contributed by atoms with Gasteiger partial charge in [-0.25, -0.2) is 4.98 Å². The first-order valence-corrected chi connectivity index (χ1v) is 12.6. The number of hydrogen-bond acceptors (Lipinski definition) is 7. The zero-order valence-corrected chi connectivity index (χ0v) is 21.1. The van der Waals surface area contributed by atoms with Crippen LogP contribution in [0.5, 0.6) is 5.75 Å². The van der Waals surface area contributed by atoms with E-state index in [0.29, 0.717) is 50.9 Å². The van der Waals surface area contributed by atoms with E-state index >= 15 is 0 Å². The van der Waals surface area contributed by atoms with Gasteiger partial charge in [0.15, 0.2) is 0 Å². The Kier molecular flexibility index (Phi) is 7.36. The summed E-state index contributed by atoms with van der Waals surface area (Å²) in [6.45, 7) is 7.40. The molecule has 0 saturated carbocycles. The number of benzene rings is 1. The van der Waals surface area contributed by atoms with Crippen LogP contribution in [0.4, 0.5) is 11.6 Å². The second kappa shape index (κ2) is 11.0. The molecule has 1 atom stereocenters. The van der Waals surface area contributed by atoms with Crippen LogP contribution in [0.3, 0.4) is 0 Å². The minimum atomic E-state index is -0.293. The van der Waals surface area contributed by atoms with Gasteiger partial charge in [-0.15, -0.1) is 0 Å². The van der Waals surface area contributed by atoms with E-state index in [-0.39, 0.29) is 17.9 Å². The number of anilines is 2. The zero-order chi connectivity index (χ0) is 25.8. The lowest BCUT2D eigenvalue weighted by atomic mass is 10.1. The summed E-state index contributed by atoms with van der Waals surface area (Å²) in [5.41, 5.74) is 3.00. The number of aromatic nitrogens is 3. The topological polar surface area (TPSA) is 102 Å². The molecule has 1 aromatic carbocycles. The van der Waals surface area contributed by atoms with Gasteiger partial charge in [0.2, 0.25) is 11.9 Å². The van der Waals surface area contributed by atoms with Gasteiger partial charge in [-0.1, -0.05) is 6.58 Å². The molecule has 4 heterocycles. The van der Waals surface area contributed by atoms with Crippen molar-refractivity contribution in [1.29, 1.82) is 0 Å². The molecule has 3 aromatic rings. The maximum Gasteiger partial charge on any atom is 0.259 e. The van der Waals surface area contributed by atoms with Crippen LogP contribution in [0, 0.1) is 0 Å². The fraction of sp³-hybridized carbons (Fsp3) is 0.407. The van der Waals surface area contributed by atoms with E-state index in [1.807, 2.05) is 17.0 Å². The van der Waals surface area contributed by atoms with Crippen LogP contribution in [0.15, 0.2) is 49.3 Å². The second-order valence-electron chi connectivity index (χ2n) is 9.25. The molecule has 0 unspecified atom stereocenters. The van der Waals surface area contributed by atoms with Crippen LogP contribution in [0.2, 0.25) is 0 Å². The summed E-state index contributed by atoms with van der Waals surface area (Å²) in [7, 11) is 1.69. The van der Waals surface area contributed by atoms with Crippen molar-refractivity contribution in [2.45, 2.75) is 25.3 Å². The van der Waals surface area contributed by atoms with Gasteiger partial charge < -0.3 is 23.8 Å². The fourth-order valence-electron chi connectivity index (χ4n) is 5.15. The second-order valence-corrected chi connectivity index (χ2v) is 9.25. The summed E-state index contributed by atoms with van der Waals surface area (Å²) in [5, 5.41) is 3.02. The lowest BCUT2D eigenvalue weighted by molar-refractivity contribution is -0.126. The SMILES string of the molecule is C=CC(=O)N1CCCC[C@@H](n2c(NC(=O)c3cccnc3)nc3ccc4c(c32)N(CCOC)CCO4)C1. The Labute approximate surface area is 215 Å². The van der Waals surface area contributed by atoms with Crippen molar-refractivity contribution >= 4 is 34.5 Å². The number of methoxy groups -OCH3 is 1. The quantitative estimate of drug-likeness (QED) is 0.493. The molecule has 10 nitrogen and oxygen atoms in total. The molecule has 0 radical (unpaired) electrons. The predicted octanol–water partition coefficient (Wildman–Crippen LogP) is 3.27. The summed E-state index contributed by atoms with van der Waals surface area (Å²) >= 11 is 0. The first-order chi connectivity index (χ1) is 18.1. The number of imidazole rings is 1. The summed E-state index contributed by atoms with van der Waals surface area (Å²) in [6, 6.07) is 7.20. The van der Waals surface area contributed by atoms with Crippen LogP contribution in [-0.4, -0.2) is 77.8 Å². The van der Waals surface area contributed by atoms with Gasteiger partial charge in [0, 0.05) is 39.1 Å². The Bertz CT molecular complexity index is 1290. The Morgan fingerprint density at radius 3 is 2.95 bits per heavy atom. The first kappa shape index (κ1) is 24.8. The third kappa shape index (κ3) is 5.01. The van der Waals surface area contributed by atoms with E-state index < -0.39 is 0 Å². The Morgan fingerprint density at radius 1 is 1.27 bits per heavy atom. The Morgan fingerprint density at radius 2 is 2.16 bits per heavy atom. The molecule has 2 amide bonds.